The van der Waals surface area contributed by atoms with E-state index in [1.807, 2.05) is 59.3 Å². The molecule has 0 spiro atoms. The Kier molecular flexibility index (Phi) is 3.85. The van der Waals surface area contributed by atoms with Crippen LogP contribution in [0, 0.1) is 0 Å². The van der Waals surface area contributed by atoms with Crippen molar-refractivity contribution < 1.29 is 0 Å². The summed E-state index contributed by atoms with van der Waals surface area (Å²) >= 11 is 7.12. The van der Waals surface area contributed by atoms with Gasteiger partial charge in [0.25, 0.3) is 0 Å². The second kappa shape index (κ2) is 5.62. The minimum Gasteiger partial charge on any atom is -0.154 e. The molecule has 0 saturated heterocycles. The molecule has 174 valence electrons. The number of hydrogen-bond acceptors (Lipinski definition) is 3. The van der Waals surface area contributed by atoms with Crippen LogP contribution in [-0.2, 0) is 0 Å². The number of hydrogen-bond donors (Lipinski definition) is 0. The standard InChI is InChI=1S/C24H36S3Si6/c1-28(2)19-13-14-16-18-17-15(13)21(25-19)30(5,6)32(9,10)23(17)27-24(18)33(11,12)31(7,8)22(16)26-20(14)29(28,3)4/h1-12H3. The van der Waals surface area contributed by atoms with Gasteiger partial charge in [0.05, 0.1) is 45.5 Å². The zero-order valence-electron chi connectivity index (χ0n) is 22.2. The molecule has 33 heavy (non-hydrogen) atoms. The number of thiophene rings is 3. The van der Waals surface area contributed by atoms with Crippen LogP contribution in [0.2, 0.25) is 78.6 Å². The molecule has 0 saturated carbocycles. The topological polar surface area (TPSA) is 0 Å². The minimum atomic E-state index is -1.52. The lowest BCUT2D eigenvalue weighted by molar-refractivity contribution is 1.81. The van der Waals surface area contributed by atoms with E-state index in [0.29, 0.717) is 0 Å². The zero-order valence-corrected chi connectivity index (χ0v) is 30.7. The molecular weight excluding hydrogens is 553 g/mol. The molecule has 3 aromatic heterocycles. The molecule has 0 nitrogen and oxygen atoms in total. The molecule has 0 aliphatic carbocycles. The third-order valence-electron chi connectivity index (χ3n) is 11.6. The quantitative estimate of drug-likeness (QED) is 0.251. The monoisotopic (exact) mass is 588 g/mol. The SMILES string of the molecule is C[Si]1(C)c2sc3c4c2c2c(sc5c2c2c(sc(c42)[Si](C)(C)[Si]3(C)C)[Si](C)(C)[Si]5(C)C)[Si]1(C)C. The molecule has 0 N–H and O–H groups in total. The van der Waals surface area contributed by atoms with Gasteiger partial charge >= 0.3 is 0 Å². The fourth-order valence-electron chi connectivity index (χ4n) is 7.07. The molecular formula is C24H36S3Si6. The van der Waals surface area contributed by atoms with Crippen molar-refractivity contribution in [3.8, 4) is 0 Å². The first-order valence-corrected chi connectivity index (χ1v) is 35.9. The first-order valence-electron chi connectivity index (χ1n) is 12.5. The summed E-state index contributed by atoms with van der Waals surface area (Å²) in [5.74, 6) is 0. The zero-order chi connectivity index (χ0) is 24.0. The van der Waals surface area contributed by atoms with Crippen LogP contribution in [0.4, 0.5) is 0 Å². The van der Waals surface area contributed by atoms with E-state index in [1.165, 1.54) is 0 Å². The summed E-state index contributed by atoms with van der Waals surface area (Å²) in [6, 6.07) is 0. The minimum absolute atomic E-state index is 1.52. The van der Waals surface area contributed by atoms with Crippen molar-refractivity contribution in [1.29, 1.82) is 0 Å². The second-order valence-corrected chi connectivity index (χ2v) is 64.5. The van der Waals surface area contributed by atoms with E-state index in [4.69, 9.17) is 0 Å². The molecule has 0 atom stereocenters. The van der Waals surface area contributed by atoms with Gasteiger partial charge < -0.3 is 0 Å². The van der Waals surface area contributed by atoms with Gasteiger partial charge in [0, 0.05) is 32.3 Å². The van der Waals surface area contributed by atoms with Gasteiger partial charge in [-0.2, -0.15) is 34.0 Å². The van der Waals surface area contributed by atoms with Crippen LogP contribution in [0.1, 0.15) is 0 Å². The third kappa shape index (κ3) is 1.97. The van der Waals surface area contributed by atoms with E-state index < -0.39 is 45.5 Å². The Morgan fingerprint density at radius 2 is 0.394 bits per heavy atom. The molecule has 7 rings (SSSR count). The van der Waals surface area contributed by atoms with Crippen LogP contribution in [-0.4, -0.2) is 45.5 Å². The molecule has 4 aromatic rings. The van der Waals surface area contributed by atoms with Crippen molar-refractivity contribution in [1.82, 2.24) is 0 Å². The number of rotatable bonds is 0. The lowest BCUT2D eigenvalue weighted by atomic mass is 10.0. The second-order valence-electron chi connectivity index (χ2n) is 14.3. The smallest absolute Gasteiger partial charge is 0.0936 e. The normalized spacial score (nSPS) is 25.8. The summed E-state index contributed by atoms with van der Waals surface area (Å²) < 4.78 is 11.6. The predicted molar refractivity (Wildman–Crippen MR) is 175 cm³/mol. The molecule has 0 bridgehead atoms. The molecule has 9 heteroatoms. The Morgan fingerprint density at radius 3 is 0.515 bits per heavy atom. The maximum Gasteiger partial charge on any atom is 0.0936 e. The summed E-state index contributed by atoms with van der Waals surface area (Å²) in [7, 11) is -9.13. The van der Waals surface area contributed by atoms with Crippen LogP contribution in [0.5, 0.6) is 0 Å². The third-order valence-corrected chi connectivity index (χ3v) is 78.6. The average Bonchev–Trinajstić information content (AvgIpc) is 3.36. The molecule has 0 radical (unpaired) electrons. The van der Waals surface area contributed by atoms with Crippen molar-refractivity contribution in [2.45, 2.75) is 78.6 Å². The van der Waals surface area contributed by atoms with Gasteiger partial charge in [0.15, 0.2) is 0 Å². The van der Waals surface area contributed by atoms with Crippen LogP contribution >= 0.6 is 34.0 Å². The van der Waals surface area contributed by atoms with Crippen molar-refractivity contribution in [2.75, 3.05) is 0 Å². The molecule has 0 amide bonds. The summed E-state index contributed by atoms with van der Waals surface area (Å²) in [5.41, 5.74) is 0. The van der Waals surface area contributed by atoms with Crippen LogP contribution in [0.15, 0.2) is 0 Å². The summed E-state index contributed by atoms with van der Waals surface area (Å²) in [6.45, 7) is 33.2. The van der Waals surface area contributed by atoms with E-state index in [1.54, 1.807) is 0 Å². The fourth-order valence-corrected chi connectivity index (χ4v) is 56.1. The van der Waals surface area contributed by atoms with E-state index in [9.17, 15) is 0 Å². The molecule has 0 fully saturated rings. The van der Waals surface area contributed by atoms with Gasteiger partial charge in [-0.1, -0.05) is 78.6 Å². The van der Waals surface area contributed by atoms with Crippen LogP contribution in [0.3, 0.4) is 0 Å². The van der Waals surface area contributed by atoms with Crippen LogP contribution < -0.4 is 27.0 Å². The van der Waals surface area contributed by atoms with Gasteiger partial charge in [-0.05, 0) is 27.0 Å². The Balaban J connectivity index is 1.92. The molecule has 3 aliphatic heterocycles. The highest BCUT2D eigenvalue weighted by atomic mass is 32.1. The van der Waals surface area contributed by atoms with Gasteiger partial charge in [-0.15, -0.1) is 0 Å². The molecule has 3 aliphatic rings. The summed E-state index contributed by atoms with van der Waals surface area (Å²) in [5, 5.41) is 10.9. The van der Waals surface area contributed by atoms with E-state index in [0.717, 1.165) is 0 Å². The van der Waals surface area contributed by atoms with Crippen molar-refractivity contribution in [2.24, 2.45) is 0 Å². The van der Waals surface area contributed by atoms with Gasteiger partial charge in [0.2, 0.25) is 0 Å². The predicted octanol–water partition coefficient (Wildman–Crippen LogP) is 5.10. The average molecular weight is 589 g/mol. The van der Waals surface area contributed by atoms with Crippen molar-refractivity contribution >= 4 is 139 Å². The summed E-state index contributed by atoms with van der Waals surface area (Å²) in [6.07, 6.45) is 0. The number of benzene rings is 1. The highest BCUT2D eigenvalue weighted by Gasteiger charge is 2.60. The Bertz CT molecular complexity index is 1290. The highest BCUT2D eigenvalue weighted by Crippen LogP contribution is 2.49. The highest BCUT2D eigenvalue weighted by molar-refractivity contribution is 7.70. The van der Waals surface area contributed by atoms with Gasteiger partial charge in [-0.25, -0.2) is 0 Å². The van der Waals surface area contributed by atoms with Gasteiger partial charge in [-0.3, -0.25) is 0 Å². The van der Waals surface area contributed by atoms with E-state index in [2.05, 4.69) is 113 Å². The Hall–Kier alpha value is 0.401. The largest absolute Gasteiger partial charge is 0.154 e. The maximum atomic E-state index is 2.77. The van der Waals surface area contributed by atoms with Crippen molar-refractivity contribution in [3.05, 3.63) is 0 Å². The van der Waals surface area contributed by atoms with Crippen LogP contribution in [0.25, 0.3) is 32.3 Å². The van der Waals surface area contributed by atoms with Crippen molar-refractivity contribution in [3.63, 3.8) is 0 Å². The molecule has 0 unspecified atom stereocenters. The molecule has 1 aromatic carbocycles. The summed E-state index contributed by atoms with van der Waals surface area (Å²) in [4.78, 5) is 0. The first-order chi connectivity index (χ1) is 14.9. The Labute approximate surface area is 215 Å². The lowest BCUT2D eigenvalue weighted by Gasteiger charge is -2.41. The van der Waals surface area contributed by atoms with E-state index >= 15 is 0 Å². The maximum absolute atomic E-state index is 2.77. The fraction of sp³-hybridized carbons (Fsp3) is 0.500. The first kappa shape index (κ1) is 22.6. The Morgan fingerprint density at radius 1 is 0.273 bits per heavy atom. The van der Waals surface area contributed by atoms with Gasteiger partial charge in [0.1, 0.15) is 0 Å². The molecule has 6 heterocycles. The van der Waals surface area contributed by atoms with E-state index in [-0.39, 0.29) is 0 Å². The lowest BCUT2D eigenvalue weighted by Crippen LogP contribution is -2.70.